The monoisotopic (exact) mass is 289 g/mol. The third-order valence-electron chi connectivity index (χ3n) is 2.68. The number of hydrogen-bond donors (Lipinski definition) is 0. The van der Waals surface area contributed by atoms with Gasteiger partial charge in [-0.05, 0) is 36.8 Å². The van der Waals surface area contributed by atoms with Crippen LogP contribution in [-0.2, 0) is 0 Å². The second kappa shape index (κ2) is 5.10. The van der Waals surface area contributed by atoms with Crippen LogP contribution in [0.2, 0.25) is 0 Å². The summed E-state index contributed by atoms with van der Waals surface area (Å²) < 4.78 is 6.01. The molecule has 0 amide bonds. The van der Waals surface area contributed by atoms with Gasteiger partial charge in [0.15, 0.2) is 11.0 Å². The van der Waals surface area contributed by atoms with E-state index in [4.69, 9.17) is 0 Å². The SMILES string of the molecule is CSc1nnc(-c2snnc2C)n1-c1ccccc1. The number of para-hydroxylation sites is 1. The van der Waals surface area contributed by atoms with Crippen LogP contribution < -0.4 is 0 Å². The lowest BCUT2D eigenvalue weighted by atomic mass is 10.3. The van der Waals surface area contributed by atoms with Crippen molar-refractivity contribution in [2.75, 3.05) is 6.26 Å². The second-order valence-electron chi connectivity index (χ2n) is 3.87. The molecular weight excluding hydrogens is 278 g/mol. The van der Waals surface area contributed by atoms with Gasteiger partial charge in [0.1, 0.15) is 4.88 Å². The second-order valence-corrected chi connectivity index (χ2v) is 5.40. The first-order valence-electron chi connectivity index (χ1n) is 5.65. The van der Waals surface area contributed by atoms with Crippen molar-refractivity contribution in [3.05, 3.63) is 36.0 Å². The van der Waals surface area contributed by atoms with Gasteiger partial charge in [-0.25, -0.2) is 0 Å². The summed E-state index contributed by atoms with van der Waals surface area (Å²) in [5, 5.41) is 13.4. The minimum absolute atomic E-state index is 0.794. The molecule has 5 nitrogen and oxygen atoms in total. The lowest BCUT2D eigenvalue weighted by molar-refractivity contribution is 0.889. The highest BCUT2D eigenvalue weighted by atomic mass is 32.2. The Kier molecular flexibility index (Phi) is 3.31. The van der Waals surface area contributed by atoms with Gasteiger partial charge >= 0.3 is 0 Å². The Labute approximate surface area is 118 Å². The van der Waals surface area contributed by atoms with Gasteiger partial charge in [0.05, 0.1) is 5.69 Å². The molecule has 2 aromatic heterocycles. The zero-order valence-electron chi connectivity index (χ0n) is 10.4. The molecule has 0 fully saturated rings. The summed E-state index contributed by atoms with van der Waals surface area (Å²) in [6, 6.07) is 10.1. The Morgan fingerprint density at radius 1 is 1.11 bits per heavy atom. The average Bonchev–Trinajstić information content (AvgIpc) is 3.05. The lowest BCUT2D eigenvalue weighted by Gasteiger charge is -2.07. The van der Waals surface area contributed by atoms with E-state index in [0.717, 1.165) is 27.2 Å². The molecule has 0 saturated heterocycles. The summed E-state index contributed by atoms with van der Waals surface area (Å²) >= 11 is 2.91. The maximum atomic E-state index is 4.29. The minimum atomic E-state index is 0.794. The van der Waals surface area contributed by atoms with Gasteiger partial charge in [-0.2, -0.15) is 0 Å². The summed E-state index contributed by atoms with van der Waals surface area (Å²) in [6.45, 7) is 1.93. The Hall–Kier alpha value is -1.73. The van der Waals surface area contributed by atoms with E-state index < -0.39 is 0 Å². The molecular formula is C12H11N5S2. The van der Waals surface area contributed by atoms with Crippen LogP contribution in [0.4, 0.5) is 0 Å². The maximum absolute atomic E-state index is 4.29. The third kappa shape index (κ3) is 2.15. The Bertz CT molecular complexity index is 689. The van der Waals surface area contributed by atoms with Crippen LogP contribution in [0.25, 0.3) is 16.4 Å². The predicted octanol–water partition coefficient (Wildman–Crippen LogP) is 2.82. The van der Waals surface area contributed by atoms with E-state index in [-0.39, 0.29) is 0 Å². The van der Waals surface area contributed by atoms with Crippen molar-refractivity contribution >= 4 is 23.3 Å². The highest BCUT2D eigenvalue weighted by molar-refractivity contribution is 7.98. The molecule has 1 aromatic carbocycles. The van der Waals surface area contributed by atoms with E-state index in [1.807, 2.05) is 48.1 Å². The standard InChI is InChI=1S/C12H11N5S2/c1-8-10(19-16-13-8)11-14-15-12(18-2)17(11)9-6-4-3-5-7-9/h3-7H,1-2H3. The molecule has 0 atom stereocenters. The largest absolute Gasteiger partial charge is 0.269 e. The molecule has 3 aromatic rings. The van der Waals surface area contributed by atoms with Crippen LogP contribution >= 0.6 is 23.3 Å². The molecule has 0 aliphatic carbocycles. The van der Waals surface area contributed by atoms with Crippen LogP contribution in [0.15, 0.2) is 35.5 Å². The fourth-order valence-electron chi connectivity index (χ4n) is 1.80. The third-order valence-corrected chi connectivity index (χ3v) is 4.14. The molecule has 3 rings (SSSR count). The normalized spacial score (nSPS) is 10.8. The number of hydrogen-bond acceptors (Lipinski definition) is 6. The summed E-state index contributed by atoms with van der Waals surface area (Å²) in [6.07, 6.45) is 1.99. The molecule has 7 heteroatoms. The fraction of sp³-hybridized carbons (Fsp3) is 0.167. The minimum Gasteiger partial charge on any atom is -0.269 e. The number of benzene rings is 1. The molecule has 0 unspecified atom stereocenters. The maximum Gasteiger partial charge on any atom is 0.195 e. The van der Waals surface area contributed by atoms with Crippen molar-refractivity contribution in [3.63, 3.8) is 0 Å². The fourth-order valence-corrected chi connectivity index (χ4v) is 2.92. The van der Waals surface area contributed by atoms with E-state index in [9.17, 15) is 0 Å². The zero-order valence-corrected chi connectivity index (χ0v) is 12.1. The van der Waals surface area contributed by atoms with E-state index in [2.05, 4.69) is 19.8 Å². The first kappa shape index (κ1) is 12.3. The van der Waals surface area contributed by atoms with Gasteiger partial charge in [0.2, 0.25) is 0 Å². The van der Waals surface area contributed by atoms with Crippen LogP contribution in [-0.4, -0.2) is 30.6 Å². The van der Waals surface area contributed by atoms with Gasteiger partial charge in [0, 0.05) is 5.69 Å². The zero-order chi connectivity index (χ0) is 13.2. The number of aromatic nitrogens is 5. The van der Waals surface area contributed by atoms with Crippen molar-refractivity contribution in [1.29, 1.82) is 0 Å². The Morgan fingerprint density at radius 3 is 2.53 bits per heavy atom. The van der Waals surface area contributed by atoms with E-state index in [1.165, 1.54) is 11.5 Å². The summed E-state index contributed by atoms with van der Waals surface area (Å²) in [5.41, 5.74) is 1.92. The molecule has 0 spiro atoms. The predicted molar refractivity (Wildman–Crippen MR) is 76.8 cm³/mol. The Balaban J connectivity index is 2.23. The van der Waals surface area contributed by atoms with E-state index >= 15 is 0 Å². The molecule has 19 heavy (non-hydrogen) atoms. The van der Waals surface area contributed by atoms with Gasteiger partial charge in [-0.1, -0.05) is 34.4 Å². The van der Waals surface area contributed by atoms with Crippen LogP contribution in [0.5, 0.6) is 0 Å². The van der Waals surface area contributed by atoms with Crippen molar-refractivity contribution in [1.82, 2.24) is 24.4 Å². The Morgan fingerprint density at radius 2 is 1.89 bits per heavy atom. The highest BCUT2D eigenvalue weighted by Gasteiger charge is 2.18. The van der Waals surface area contributed by atoms with Gasteiger partial charge < -0.3 is 0 Å². The molecule has 0 aliphatic heterocycles. The first-order chi connectivity index (χ1) is 9.31. The molecule has 2 heterocycles. The highest BCUT2D eigenvalue weighted by Crippen LogP contribution is 2.29. The summed E-state index contributed by atoms with van der Waals surface area (Å²) in [4.78, 5) is 0.955. The molecule has 0 aliphatic rings. The number of rotatable bonds is 3. The quantitative estimate of drug-likeness (QED) is 0.694. The lowest BCUT2D eigenvalue weighted by Crippen LogP contribution is -1.98. The molecule has 0 bridgehead atoms. The first-order valence-corrected chi connectivity index (χ1v) is 7.65. The smallest absolute Gasteiger partial charge is 0.195 e. The number of nitrogens with zero attached hydrogens (tertiary/aromatic N) is 5. The summed E-state index contributed by atoms with van der Waals surface area (Å²) in [5.74, 6) is 0.794. The topological polar surface area (TPSA) is 56.5 Å². The molecule has 0 N–H and O–H groups in total. The van der Waals surface area contributed by atoms with Crippen molar-refractivity contribution in [2.24, 2.45) is 0 Å². The van der Waals surface area contributed by atoms with Crippen LogP contribution in [0, 0.1) is 6.92 Å². The van der Waals surface area contributed by atoms with Crippen molar-refractivity contribution in [2.45, 2.75) is 12.1 Å². The van der Waals surface area contributed by atoms with Gasteiger partial charge in [0.25, 0.3) is 0 Å². The van der Waals surface area contributed by atoms with Crippen LogP contribution in [0.1, 0.15) is 5.69 Å². The average molecular weight is 289 g/mol. The van der Waals surface area contributed by atoms with Crippen molar-refractivity contribution < 1.29 is 0 Å². The molecule has 0 radical (unpaired) electrons. The van der Waals surface area contributed by atoms with Crippen molar-refractivity contribution in [3.8, 4) is 16.4 Å². The number of thioether (sulfide) groups is 1. The number of aryl methyl sites for hydroxylation is 1. The van der Waals surface area contributed by atoms with Gasteiger partial charge in [-0.15, -0.1) is 15.3 Å². The van der Waals surface area contributed by atoms with E-state index in [0.29, 0.717) is 0 Å². The van der Waals surface area contributed by atoms with E-state index in [1.54, 1.807) is 11.8 Å². The molecule has 96 valence electrons. The molecule has 0 saturated carbocycles. The van der Waals surface area contributed by atoms with Crippen LogP contribution in [0.3, 0.4) is 0 Å². The summed E-state index contributed by atoms with van der Waals surface area (Å²) in [7, 11) is 0. The van der Waals surface area contributed by atoms with Gasteiger partial charge in [-0.3, -0.25) is 4.57 Å².